The van der Waals surface area contributed by atoms with Crippen LogP contribution in [0.1, 0.15) is 49.4 Å². The average molecular weight is 278 g/mol. The first-order valence-electron chi connectivity index (χ1n) is 7.51. The predicted octanol–water partition coefficient (Wildman–Crippen LogP) is 3.55. The highest BCUT2D eigenvalue weighted by molar-refractivity contribution is 6.30. The van der Waals surface area contributed by atoms with Crippen molar-refractivity contribution >= 4 is 17.4 Å². The number of fused-ring (bicyclic) bond motifs is 1. The number of rotatable bonds is 2. The zero-order valence-corrected chi connectivity index (χ0v) is 12.2. The summed E-state index contributed by atoms with van der Waals surface area (Å²) in [5.74, 6) is 4.42. The fraction of sp³-hybridized carbons (Fsp3) is 0.733. The van der Waals surface area contributed by atoms with Crippen molar-refractivity contribution in [3.05, 3.63) is 16.5 Å². The van der Waals surface area contributed by atoms with E-state index in [-0.39, 0.29) is 0 Å². The van der Waals surface area contributed by atoms with Crippen LogP contribution in [0, 0.1) is 18.8 Å². The Balaban J connectivity index is 1.66. The maximum Gasteiger partial charge on any atom is 0.137 e. The summed E-state index contributed by atoms with van der Waals surface area (Å²) in [4.78, 5) is 11.8. The Kier molecular flexibility index (Phi) is 2.73. The molecule has 0 aromatic carbocycles. The van der Waals surface area contributed by atoms with E-state index >= 15 is 0 Å². The minimum absolute atomic E-state index is 0.568. The van der Waals surface area contributed by atoms with Gasteiger partial charge in [0.2, 0.25) is 0 Å². The molecule has 3 fully saturated rings. The van der Waals surface area contributed by atoms with Crippen LogP contribution in [0.4, 0.5) is 5.82 Å². The van der Waals surface area contributed by atoms with Crippen LogP contribution >= 0.6 is 11.6 Å². The van der Waals surface area contributed by atoms with Crippen LogP contribution in [0.2, 0.25) is 5.15 Å². The molecule has 2 heterocycles. The van der Waals surface area contributed by atoms with E-state index in [0.29, 0.717) is 11.1 Å². The average Bonchev–Trinajstić information content (AvgIpc) is 3.01. The van der Waals surface area contributed by atoms with E-state index in [1.54, 1.807) is 0 Å². The Bertz CT molecular complexity index is 500. The van der Waals surface area contributed by atoms with E-state index in [1.165, 1.54) is 45.2 Å². The smallest absolute Gasteiger partial charge is 0.137 e. The van der Waals surface area contributed by atoms with E-state index in [2.05, 4.69) is 16.8 Å². The lowest BCUT2D eigenvalue weighted by atomic mass is 10.0. The summed E-state index contributed by atoms with van der Waals surface area (Å²) < 4.78 is 0. The molecule has 0 N–H and O–H groups in total. The third-order valence-electron chi connectivity index (χ3n) is 5.05. The molecule has 2 unspecified atom stereocenters. The lowest BCUT2D eigenvalue weighted by Gasteiger charge is -2.21. The van der Waals surface area contributed by atoms with E-state index in [1.807, 2.05) is 0 Å². The number of halogens is 1. The fourth-order valence-corrected chi connectivity index (χ4v) is 3.91. The van der Waals surface area contributed by atoms with Gasteiger partial charge in [-0.05, 0) is 44.4 Å². The second-order valence-electron chi connectivity index (χ2n) is 6.45. The quantitative estimate of drug-likeness (QED) is 0.774. The number of anilines is 1. The van der Waals surface area contributed by atoms with Crippen LogP contribution in [0.3, 0.4) is 0 Å². The first-order valence-corrected chi connectivity index (χ1v) is 7.89. The van der Waals surface area contributed by atoms with Gasteiger partial charge in [-0.3, -0.25) is 0 Å². The summed E-state index contributed by atoms with van der Waals surface area (Å²) in [5, 5.41) is 0.656. The lowest BCUT2D eigenvalue weighted by molar-refractivity contribution is 0.494. The van der Waals surface area contributed by atoms with E-state index < -0.39 is 0 Å². The Morgan fingerprint density at radius 1 is 1.05 bits per heavy atom. The van der Waals surface area contributed by atoms with Crippen molar-refractivity contribution in [2.24, 2.45) is 11.8 Å². The number of hydrogen-bond donors (Lipinski definition) is 0. The summed E-state index contributed by atoms with van der Waals surface area (Å²) in [6.07, 6.45) is 6.66. The number of aromatic nitrogens is 2. The zero-order chi connectivity index (χ0) is 13.0. The normalized spacial score (nSPS) is 29.9. The molecule has 4 rings (SSSR count). The van der Waals surface area contributed by atoms with Crippen LogP contribution < -0.4 is 4.90 Å². The standard InChI is InChI=1S/C15H20ClN3/c1-9-13(16)17-14(10-5-6-10)18-15(9)19-7-11-3-2-4-12(11)8-19/h10-12H,2-8H2,1H3. The molecule has 1 aromatic rings. The summed E-state index contributed by atoms with van der Waals surface area (Å²) >= 11 is 6.31. The molecule has 1 aromatic heterocycles. The molecular formula is C15H20ClN3. The molecule has 3 aliphatic rings. The highest BCUT2D eigenvalue weighted by Crippen LogP contribution is 2.43. The van der Waals surface area contributed by atoms with Gasteiger partial charge in [0.25, 0.3) is 0 Å². The van der Waals surface area contributed by atoms with Crippen molar-refractivity contribution in [2.75, 3.05) is 18.0 Å². The van der Waals surface area contributed by atoms with Gasteiger partial charge in [0.15, 0.2) is 0 Å². The topological polar surface area (TPSA) is 29.0 Å². The molecule has 4 heteroatoms. The van der Waals surface area contributed by atoms with Gasteiger partial charge in [-0.25, -0.2) is 9.97 Å². The van der Waals surface area contributed by atoms with Crippen molar-refractivity contribution < 1.29 is 0 Å². The molecule has 0 spiro atoms. The van der Waals surface area contributed by atoms with Crippen molar-refractivity contribution in [3.63, 3.8) is 0 Å². The molecule has 0 bridgehead atoms. The molecule has 1 saturated heterocycles. The second-order valence-corrected chi connectivity index (χ2v) is 6.81. The highest BCUT2D eigenvalue weighted by atomic mass is 35.5. The van der Waals surface area contributed by atoms with Crippen LogP contribution in [-0.2, 0) is 0 Å². The van der Waals surface area contributed by atoms with E-state index in [0.717, 1.165) is 29.0 Å². The van der Waals surface area contributed by atoms with Crippen LogP contribution in [0.15, 0.2) is 0 Å². The molecule has 2 atom stereocenters. The summed E-state index contributed by atoms with van der Waals surface area (Å²) in [6, 6.07) is 0. The largest absolute Gasteiger partial charge is 0.356 e. The number of nitrogens with zero attached hydrogens (tertiary/aromatic N) is 3. The first kappa shape index (κ1) is 12.0. The van der Waals surface area contributed by atoms with Crippen LogP contribution in [0.25, 0.3) is 0 Å². The molecule has 2 saturated carbocycles. The minimum Gasteiger partial charge on any atom is -0.356 e. The SMILES string of the molecule is Cc1c(Cl)nc(C2CC2)nc1N1CC2CCCC2C1. The van der Waals surface area contributed by atoms with Crippen molar-refractivity contribution in [1.29, 1.82) is 0 Å². The van der Waals surface area contributed by atoms with Gasteiger partial charge in [-0.1, -0.05) is 18.0 Å². The summed E-state index contributed by atoms with van der Waals surface area (Å²) in [6.45, 7) is 4.40. The third kappa shape index (κ3) is 2.03. The Labute approximate surface area is 119 Å². The van der Waals surface area contributed by atoms with Crippen molar-refractivity contribution in [2.45, 2.75) is 44.9 Å². The molecule has 1 aliphatic heterocycles. The molecule has 0 radical (unpaired) electrons. The second kappa shape index (κ2) is 4.34. The molecule has 3 nitrogen and oxygen atoms in total. The van der Waals surface area contributed by atoms with Gasteiger partial charge >= 0.3 is 0 Å². The molecular weight excluding hydrogens is 258 g/mol. The summed E-state index contributed by atoms with van der Waals surface area (Å²) in [5.41, 5.74) is 1.06. The molecule has 2 aliphatic carbocycles. The zero-order valence-electron chi connectivity index (χ0n) is 11.4. The number of hydrogen-bond acceptors (Lipinski definition) is 3. The predicted molar refractivity (Wildman–Crippen MR) is 76.8 cm³/mol. The maximum absolute atomic E-state index is 6.31. The lowest BCUT2D eigenvalue weighted by Crippen LogP contribution is -2.23. The van der Waals surface area contributed by atoms with Gasteiger partial charge in [-0.2, -0.15) is 0 Å². The van der Waals surface area contributed by atoms with Gasteiger partial charge in [0.05, 0.1) is 0 Å². The van der Waals surface area contributed by atoms with Gasteiger partial charge in [0, 0.05) is 24.6 Å². The molecule has 19 heavy (non-hydrogen) atoms. The fourth-order valence-electron chi connectivity index (χ4n) is 3.73. The third-order valence-corrected chi connectivity index (χ3v) is 5.41. The summed E-state index contributed by atoms with van der Waals surface area (Å²) in [7, 11) is 0. The van der Waals surface area contributed by atoms with Crippen molar-refractivity contribution in [1.82, 2.24) is 9.97 Å². The van der Waals surface area contributed by atoms with Crippen LogP contribution in [0.5, 0.6) is 0 Å². The Hall–Kier alpha value is -0.830. The van der Waals surface area contributed by atoms with E-state index in [9.17, 15) is 0 Å². The highest BCUT2D eigenvalue weighted by Gasteiger charge is 2.38. The Morgan fingerprint density at radius 2 is 1.74 bits per heavy atom. The molecule has 102 valence electrons. The van der Waals surface area contributed by atoms with Gasteiger partial charge < -0.3 is 4.90 Å². The monoisotopic (exact) mass is 277 g/mol. The molecule has 0 amide bonds. The van der Waals surface area contributed by atoms with E-state index in [4.69, 9.17) is 16.6 Å². The maximum atomic E-state index is 6.31. The van der Waals surface area contributed by atoms with Crippen LogP contribution in [-0.4, -0.2) is 23.1 Å². The Morgan fingerprint density at radius 3 is 2.37 bits per heavy atom. The first-order chi connectivity index (χ1) is 9.22. The van der Waals surface area contributed by atoms with Crippen molar-refractivity contribution in [3.8, 4) is 0 Å². The van der Waals surface area contributed by atoms with Gasteiger partial charge in [-0.15, -0.1) is 0 Å². The minimum atomic E-state index is 0.568. The van der Waals surface area contributed by atoms with Gasteiger partial charge in [0.1, 0.15) is 16.8 Å².